The highest BCUT2D eigenvalue weighted by molar-refractivity contribution is 5.73. The molecule has 0 heterocycles. The van der Waals surface area contributed by atoms with Crippen LogP contribution in [0.2, 0.25) is 0 Å². The summed E-state index contributed by atoms with van der Waals surface area (Å²) in [6.45, 7) is 0. The minimum absolute atomic E-state index is 0.0487. The summed E-state index contributed by atoms with van der Waals surface area (Å²) in [4.78, 5) is 11.2. The van der Waals surface area contributed by atoms with Gasteiger partial charge in [-0.2, -0.15) is 0 Å². The average molecular weight is 169 g/mol. The predicted molar refractivity (Wildman–Crippen MR) is 46.5 cm³/mol. The second-order valence-corrected chi connectivity index (χ2v) is 3.08. The third kappa shape index (κ3) is 2.08. The third-order valence-corrected chi connectivity index (χ3v) is 2.24. The van der Waals surface area contributed by atoms with Crippen molar-refractivity contribution in [2.75, 3.05) is 7.11 Å². The Hall–Kier alpha value is -0.830. The number of carbonyl (C=O) groups excluding carboxylic acids is 1. The van der Waals surface area contributed by atoms with Crippen LogP contribution in [0, 0.1) is 5.92 Å². The number of rotatable bonds is 1. The van der Waals surface area contributed by atoms with Crippen LogP contribution < -0.4 is 5.73 Å². The Morgan fingerprint density at radius 1 is 1.58 bits per heavy atom. The van der Waals surface area contributed by atoms with E-state index in [4.69, 9.17) is 5.73 Å². The van der Waals surface area contributed by atoms with Crippen LogP contribution in [0.4, 0.5) is 0 Å². The van der Waals surface area contributed by atoms with E-state index >= 15 is 0 Å². The largest absolute Gasteiger partial charge is 0.469 e. The number of allylic oxidation sites excluding steroid dienone is 2. The normalized spacial score (nSPS) is 29.5. The van der Waals surface area contributed by atoms with Crippen molar-refractivity contribution >= 4 is 5.97 Å². The zero-order valence-corrected chi connectivity index (χ0v) is 7.32. The van der Waals surface area contributed by atoms with E-state index in [9.17, 15) is 4.79 Å². The molecule has 2 N–H and O–H groups in total. The monoisotopic (exact) mass is 169 g/mol. The van der Waals surface area contributed by atoms with Crippen LogP contribution in [0.15, 0.2) is 12.2 Å². The number of esters is 1. The SMILES string of the molecule is COC(=O)C1CC=CCCC1N. The van der Waals surface area contributed by atoms with Crippen LogP contribution in [0.3, 0.4) is 0 Å². The van der Waals surface area contributed by atoms with Gasteiger partial charge in [0, 0.05) is 6.04 Å². The fourth-order valence-corrected chi connectivity index (χ4v) is 1.45. The summed E-state index contributed by atoms with van der Waals surface area (Å²) >= 11 is 0. The van der Waals surface area contributed by atoms with Gasteiger partial charge in [-0.25, -0.2) is 0 Å². The lowest BCUT2D eigenvalue weighted by molar-refractivity contribution is -0.146. The molecule has 1 aliphatic carbocycles. The molecule has 0 saturated carbocycles. The van der Waals surface area contributed by atoms with Crippen molar-refractivity contribution in [2.24, 2.45) is 11.7 Å². The van der Waals surface area contributed by atoms with Crippen LogP contribution in [0.5, 0.6) is 0 Å². The van der Waals surface area contributed by atoms with Crippen LogP contribution >= 0.6 is 0 Å². The lowest BCUT2D eigenvalue weighted by Crippen LogP contribution is -2.35. The van der Waals surface area contributed by atoms with Gasteiger partial charge in [-0.05, 0) is 19.3 Å². The predicted octanol–water partition coefficient (Wildman–Crippen LogP) is 0.843. The summed E-state index contributed by atoms with van der Waals surface area (Å²) in [5, 5.41) is 0. The molecule has 2 unspecified atom stereocenters. The number of ether oxygens (including phenoxy) is 1. The molecule has 68 valence electrons. The maximum Gasteiger partial charge on any atom is 0.310 e. The number of methoxy groups -OCH3 is 1. The Bertz CT molecular complexity index is 189. The van der Waals surface area contributed by atoms with Crippen molar-refractivity contribution < 1.29 is 9.53 Å². The summed E-state index contributed by atoms with van der Waals surface area (Å²) in [7, 11) is 1.41. The zero-order chi connectivity index (χ0) is 8.97. The van der Waals surface area contributed by atoms with Gasteiger partial charge in [-0.15, -0.1) is 0 Å². The van der Waals surface area contributed by atoms with E-state index < -0.39 is 0 Å². The molecule has 3 nitrogen and oxygen atoms in total. The Morgan fingerprint density at radius 2 is 2.33 bits per heavy atom. The summed E-state index contributed by atoms with van der Waals surface area (Å²) in [5.74, 6) is -0.331. The van der Waals surface area contributed by atoms with Crippen LogP contribution in [-0.2, 0) is 9.53 Å². The summed E-state index contributed by atoms with van der Waals surface area (Å²) in [5.41, 5.74) is 5.81. The highest BCUT2D eigenvalue weighted by Gasteiger charge is 2.25. The Balaban J connectivity index is 2.59. The minimum atomic E-state index is -0.186. The number of carbonyl (C=O) groups is 1. The van der Waals surface area contributed by atoms with Gasteiger partial charge in [0.1, 0.15) is 0 Å². The van der Waals surface area contributed by atoms with Gasteiger partial charge in [-0.3, -0.25) is 4.79 Å². The molecular weight excluding hydrogens is 154 g/mol. The van der Waals surface area contributed by atoms with Gasteiger partial charge in [0.2, 0.25) is 0 Å². The van der Waals surface area contributed by atoms with Crippen LogP contribution in [0.25, 0.3) is 0 Å². The molecule has 0 bridgehead atoms. The standard InChI is InChI=1S/C9H15NO2/c1-12-9(11)7-5-3-2-4-6-8(7)10/h2-3,7-8H,4-6,10H2,1H3. The first-order chi connectivity index (χ1) is 5.75. The molecule has 0 aromatic carbocycles. The molecule has 0 aromatic rings. The zero-order valence-electron chi connectivity index (χ0n) is 7.32. The minimum Gasteiger partial charge on any atom is -0.469 e. The second kappa shape index (κ2) is 4.26. The van der Waals surface area contributed by atoms with Gasteiger partial charge in [0.05, 0.1) is 13.0 Å². The fourth-order valence-electron chi connectivity index (χ4n) is 1.45. The molecule has 2 atom stereocenters. The first-order valence-electron chi connectivity index (χ1n) is 4.24. The smallest absolute Gasteiger partial charge is 0.310 e. The lowest BCUT2D eigenvalue weighted by Gasteiger charge is -2.17. The molecule has 1 rings (SSSR count). The molecule has 0 aliphatic heterocycles. The molecule has 3 heteroatoms. The van der Waals surface area contributed by atoms with Crippen molar-refractivity contribution in [3.63, 3.8) is 0 Å². The first-order valence-corrected chi connectivity index (χ1v) is 4.24. The van der Waals surface area contributed by atoms with E-state index in [0.29, 0.717) is 6.42 Å². The quantitative estimate of drug-likeness (QED) is 0.467. The molecule has 12 heavy (non-hydrogen) atoms. The van der Waals surface area contributed by atoms with Crippen molar-refractivity contribution in [3.8, 4) is 0 Å². The third-order valence-electron chi connectivity index (χ3n) is 2.24. The van der Waals surface area contributed by atoms with Gasteiger partial charge in [-0.1, -0.05) is 12.2 Å². The molecule has 0 spiro atoms. The molecule has 0 aromatic heterocycles. The highest BCUT2D eigenvalue weighted by Crippen LogP contribution is 2.18. The topological polar surface area (TPSA) is 52.3 Å². The number of hydrogen-bond acceptors (Lipinski definition) is 3. The molecule has 0 saturated heterocycles. The summed E-state index contributed by atoms with van der Waals surface area (Å²) in [6, 6.07) is -0.0487. The molecule has 0 fully saturated rings. The van der Waals surface area contributed by atoms with E-state index in [-0.39, 0.29) is 17.9 Å². The maximum atomic E-state index is 11.2. The second-order valence-electron chi connectivity index (χ2n) is 3.08. The molecule has 0 amide bonds. The van der Waals surface area contributed by atoms with E-state index in [2.05, 4.69) is 10.8 Å². The Labute approximate surface area is 72.6 Å². The average Bonchev–Trinajstić information content (AvgIpc) is 2.28. The number of hydrogen-bond donors (Lipinski definition) is 1. The van der Waals surface area contributed by atoms with Crippen molar-refractivity contribution in [2.45, 2.75) is 25.3 Å². The first kappa shape index (κ1) is 9.26. The van der Waals surface area contributed by atoms with E-state index in [1.807, 2.05) is 6.08 Å². The fraction of sp³-hybridized carbons (Fsp3) is 0.667. The van der Waals surface area contributed by atoms with Gasteiger partial charge < -0.3 is 10.5 Å². The van der Waals surface area contributed by atoms with Gasteiger partial charge in [0.15, 0.2) is 0 Å². The van der Waals surface area contributed by atoms with Crippen molar-refractivity contribution in [1.29, 1.82) is 0 Å². The number of nitrogens with two attached hydrogens (primary N) is 1. The highest BCUT2D eigenvalue weighted by atomic mass is 16.5. The van der Waals surface area contributed by atoms with Crippen LogP contribution in [0.1, 0.15) is 19.3 Å². The van der Waals surface area contributed by atoms with Crippen LogP contribution in [-0.4, -0.2) is 19.1 Å². The Kier molecular flexibility index (Phi) is 3.29. The maximum absolute atomic E-state index is 11.2. The van der Waals surface area contributed by atoms with Crippen molar-refractivity contribution in [1.82, 2.24) is 0 Å². The van der Waals surface area contributed by atoms with E-state index in [1.54, 1.807) is 0 Å². The Morgan fingerprint density at radius 3 is 3.00 bits per heavy atom. The lowest BCUT2D eigenvalue weighted by atomic mass is 9.96. The van der Waals surface area contributed by atoms with E-state index in [1.165, 1.54) is 7.11 Å². The molecule has 0 radical (unpaired) electrons. The van der Waals surface area contributed by atoms with Crippen molar-refractivity contribution in [3.05, 3.63) is 12.2 Å². The molecular formula is C9H15NO2. The summed E-state index contributed by atoms with van der Waals surface area (Å²) < 4.78 is 4.66. The van der Waals surface area contributed by atoms with Gasteiger partial charge in [0.25, 0.3) is 0 Å². The van der Waals surface area contributed by atoms with Gasteiger partial charge >= 0.3 is 5.97 Å². The summed E-state index contributed by atoms with van der Waals surface area (Å²) in [6.07, 6.45) is 6.63. The molecule has 1 aliphatic rings. The van der Waals surface area contributed by atoms with E-state index in [0.717, 1.165) is 12.8 Å².